The van der Waals surface area contributed by atoms with E-state index in [1.807, 2.05) is 18.0 Å². The highest BCUT2D eigenvalue weighted by molar-refractivity contribution is 5.51. The van der Waals surface area contributed by atoms with Gasteiger partial charge < -0.3 is 9.42 Å². The number of hydrogen-bond donors (Lipinski definition) is 0. The average Bonchev–Trinajstić information content (AvgIpc) is 3.33. The number of hydrogen-bond acceptors (Lipinski definition) is 6. The maximum absolute atomic E-state index is 14.3. The van der Waals surface area contributed by atoms with Gasteiger partial charge in [0.05, 0.1) is 17.3 Å². The van der Waals surface area contributed by atoms with Crippen molar-refractivity contribution >= 4 is 5.69 Å². The molecule has 0 N–H and O–H groups in total. The Morgan fingerprint density at radius 3 is 2.88 bits per heavy atom. The van der Waals surface area contributed by atoms with Gasteiger partial charge in [0.2, 0.25) is 5.89 Å². The zero-order valence-corrected chi connectivity index (χ0v) is 13.4. The number of likely N-dealkylation sites (N-methyl/N-ethyl adjacent to an activating group) is 1. The normalized spacial score (nSPS) is 21.7. The summed E-state index contributed by atoms with van der Waals surface area (Å²) in [5.74, 6) is 1.46. The molecule has 1 saturated heterocycles. The van der Waals surface area contributed by atoms with Crippen LogP contribution in [-0.2, 0) is 0 Å². The smallest absolute Gasteiger partial charge is 0.245 e. The Morgan fingerprint density at radius 2 is 2.17 bits per heavy atom. The summed E-state index contributed by atoms with van der Waals surface area (Å²) >= 11 is 0. The number of nitriles is 1. The third-order valence-corrected chi connectivity index (χ3v) is 4.75. The van der Waals surface area contributed by atoms with Gasteiger partial charge in [-0.2, -0.15) is 10.2 Å². The van der Waals surface area contributed by atoms with Crippen molar-refractivity contribution in [3.05, 3.63) is 41.3 Å². The van der Waals surface area contributed by atoms with E-state index in [4.69, 9.17) is 9.78 Å². The lowest BCUT2D eigenvalue weighted by Crippen LogP contribution is -2.47. The Balaban J connectivity index is 1.57. The minimum absolute atomic E-state index is 0.0613. The van der Waals surface area contributed by atoms with Gasteiger partial charge in [0.25, 0.3) is 0 Å². The summed E-state index contributed by atoms with van der Waals surface area (Å²) < 4.78 is 19.8. The van der Waals surface area contributed by atoms with Gasteiger partial charge in [-0.05, 0) is 38.1 Å². The molecule has 2 heterocycles. The van der Waals surface area contributed by atoms with Crippen LogP contribution in [-0.4, -0.2) is 41.7 Å². The molecule has 0 unspecified atom stereocenters. The molecule has 124 valence electrons. The topological polar surface area (TPSA) is 69.2 Å². The van der Waals surface area contributed by atoms with Crippen LogP contribution in [0.3, 0.4) is 0 Å². The SMILES string of the molecule is CN1CCN(c2ccc(C#N)cc2F)C[C@@H]1c1nc(C2CC2)no1. The van der Waals surface area contributed by atoms with Gasteiger partial charge in [-0.3, -0.25) is 4.90 Å². The standard InChI is InChI=1S/C17H18FN5O/c1-22-6-7-23(14-5-2-11(9-19)8-13(14)18)10-15(22)17-20-16(21-24-17)12-3-4-12/h2,5,8,12,15H,3-4,6-7,10H2,1H3/t15-/m1/s1. The van der Waals surface area contributed by atoms with Crippen LogP contribution < -0.4 is 4.90 Å². The number of anilines is 1. The van der Waals surface area contributed by atoms with Crippen LogP contribution in [0.5, 0.6) is 0 Å². The zero-order valence-electron chi connectivity index (χ0n) is 13.4. The van der Waals surface area contributed by atoms with Crippen molar-refractivity contribution in [1.82, 2.24) is 15.0 Å². The van der Waals surface area contributed by atoms with Crippen LogP contribution in [0.15, 0.2) is 22.7 Å². The Kier molecular flexibility index (Phi) is 3.69. The fourth-order valence-electron chi connectivity index (χ4n) is 3.08. The highest BCUT2D eigenvalue weighted by Gasteiger charge is 2.34. The second-order valence-corrected chi connectivity index (χ2v) is 6.49. The van der Waals surface area contributed by atoms with Crippen LogP contribution in [0, 0.1) is 17.1 Å². The van der Waals surface area contributed by atoms with Crippen molar-refractivity contribution in [2.75, 3.05) is 31.6 Å². The highest BCUT2D eigenvalue weighted by Crippen LogP contribution is 2.39. The molecule has 1 atom stereocenters. The molecule has 2 aliphatic rings. The molecule has 1 aliphatic heterocycles. The molecule has 0 bridgehead atoms. The van der Waals surface area contributed by atoms with E-state index in [0.29, 0.717) is 36.1 Å². The average molecular weight is 327 g/mol. The Bertz CT molecular complexity index is 795. The van der Waals surface area contributed by atoms with Gasteiger partial charge in [0, 0.05) is 25.6 Å². The molecule has 1 aromatic carbocycles. The van der Waals surface area contributed by atoms with Crippen molar-refractivity contribution < 1.29 is 8.91 Å². The van der Waals surface area contributed by atoms with E-state index < -0.39 is 0 Å². The number of aromatic nitrogens is 2. The van der Waals surface area contributed by atoms with Crippen LogP contribution in [0.2, 0.25) is 0 Å². The molecular weight excluding hydrogens is 309 g/mol. The first-order valence-electron chi connectivity index (χ1n) is 8.14. The highest BCUT2D eigenvalue weighted by atomic mass is 19.1. The van der Waals surface area contributed by atoms with E-state index >= 15 is 0 Å². The fourth-order valence-corrected chi connectivity index (χ4v) is 3.08. The lowest BCUT2D eigenvalue weighted by Gasteiger charge is -2.38. The number of benzene rings is 1. The third kappa shape index (κ3) is 2.74. The summed E-state index contributed by atoms with van der Waals surface area (Å²) in [7, 11) is 2.01. The molecule has 2 aromatic rings. The van der Waals surface area contributed by atoms with Crippen molar-refractivity contribution in [2.45, 2.75) is 24.8 Å². The van der Waals surface area contributed by atoms with Gasteiger partial charge in [-0.25, -0.2) is 4.39 Å². The number of rotatable bonds is 3. The first kappa shape index (κ1) is 15.1. The van der Waals surface area contributed by atoms with Gasteiger partial charge in [0.1, 0.15) is 11.9 Å². The van der Waals surface area contributed by atoms with Crippen LogP contribution in [0.4, 0.5) is 10.1 Å². The molecule has 7 heteroatoms. The second kappa shape index (κ2) is 5.87. The summed E-state index contributed by atoms with van der Waals surface area (Å²) in [5.41, 5.74) is 0.835. The molecule has 1 aromatic heterocycles. The van der Waals surface area contributed by atoms with E-state index in [1.165, 1.54) is 6.07 Å². The predicted molar refractivity (Wildman–Crippen MR) is 85.0 cm³/mol. The molecule has 2 fully saturated rings. The van der Waals surface area contributed by atoms with Gasteiger partial charge in [0.15, 0.2) is 5.82 Å². The molecule has 1 aliphatic carbocycles. The van der Waals surface area contributed by atoms with Crippen molar-refractivity contribution in [1.29, 1.82) is 5.26 Å². The zero-order chi connectivity index (χ0) is 16.7. The van der Waals surface area contributed by atoms with Crippen LogP contribution in [0.25, 0.3) is 0 Å². The first-order chi connectivity index (χ1) is 11.7. The predicted octanol–water partition coefficient (Wildman–Crippen LogP) is 2.45. The first-order valence-corrected chi connectivity index (χ1v) is 8.14. The van der Waals surface area contributed by atoms with Crippen LogP contribution >= 0.6 is 0 Å². The molecule has 0 spiro atoms. The van der Waals surface area contributed by atoms with E-state index in [9.17, 15) is 4.39 Å². The largest absolute Gasteiger partial charge is 0.366 e. The van der Waals surface area contributed by atoms with Crippen LogP contribution in [0.1, 0.15) is 42.1 Å². The van der Waals surface area contributed by atoms with E-state index in [0.717, 1.165) is 25.2 Å². The molecule has 24 heavy (non-hydrogen) atoms. The minimum atomic E-state index is -0.374. The van der Waals surface area contributed by atoms with E-state index in [2.05, 4.69) is 15.0 Å². The monoisotopic (exact) mass is 327 g/mol. The third-order valence-electron chi connectivity index (χ3n) is 4.75. The maximum atomic E-state index is 14.3. The Labute approximate surface area is 139 Å². The maximum Gasteiger partial charge on any atom is 0.245 e. The molecule has 4 rings (SSSR count). The summed E-state index contributed by atoms with van der Waals surface area (Å²) in [4.78, 5) is 8.67. The lowest BCUT2D eigenvalue weighted by atomic mass is 10.1. The minimum Gasteiger partial charge on any atom is -0.366 e. The lowest BCUT2D eigenvalue weighted by molar-refractivity contribution is 0.177. The van der Waals surface area contributed by atoms with Crippen molar-refractivity contribution in [2.24, 2.45) is 0 Å². The Morgan fingerprint density at radius 1 is 1.33 bits per heavy atom. The number of nitrogens with zero attached hydrogens (tertiary/aromatic N) is 5. The van der Waals surface area contributed by atoms with E-state index in [-0.39, 0.29) is 11.9 Å². The van der Waals surface area contributed by atoms with Gasteiger partial charge in [-0.15, -0.1) is 0 Å². The second-order valence-electron chi connectivity index (χ2n) is 6.49. The molecule has 0 radical (unpaired) electrons. The summed E-state index contributed by atoms with van der Waals surface area (Å²) in [6, 6.07) is 6.48. The molecular formula is C17H18FN5O. The summed E-state index contributed by atoms with van der Waals surface area (Å²) in [5, 5.41) is 13.0. The summed E-state index contributed by atoms with van der Waals surface area (Å²) in [6.07, 6.45) is 2.25. The molecule has 0 amide bonds. The summed E-state index contributed by atoms with van der Waals surface area (Å²) in [6.45, 7) is 2.05. The van der Waals surface area contributed by atoms with Crippen molar-refractivity contribution in [3.63, 3.8) is 0 Å². The van der Waals surface area contributed by atoms with E-state index in [1.54, 1.807) is 12.1 Å². The van der Waals surface area contributed by atoms with Crippen molar-refractivity contribution in [3.8, 4) is 6.07 Å². The van der Waals surface area contributed by atoms with Gasteiger partial charge >= 0.3 is 0 Å². The quantitative estimate of drug-likeness (QED) is 0.862. The number of piperazine rings is 1. The molecule has 6 nitrogen and oxygen atoms in total. The Hall–Kier alpha value is -2.46. The number of halogens is 1. The fraction of sp³-hybridized carbons (Fsp3) is 0.471. The van der Waals surface area contributed by atoms with Gasteiger partial charge in [-0.1, -0.05) is 5.16 Å². The molecule has 1 saturated carbocycles.